The molecule has 1 rings (SSSR count). The van der Waals surface area contributed by atoms with Gasteiger partial charge in [-0.3, -0.25) is 4.76 Å². The molecule has 0 saturated heterocycles. The molecule has 0 atom stereocenters. The monoisotopic (exact) mass is 195 g/mol. The van der Waals surface area contributed by atoms with Crippen molar-refractivity contribution in [3.63, 3.8) is 0 Å². The summed E-state index contributed by atoms with van der Waals surface area (Å²) in [6.07, 6.45) is 0. The van der Waals surface area contributed by atoms with Gasteiger partial charge in [0.25, 0.3) is 0 Å². The number of nitrogens with zero attached hydrogens (tertiary/aromatic N) is 1. The second kappa shape index (κ2) is 5.64. The van der Waals surface area contributed by atoms with E-state index in [1.54, 1.807) is 14.1 Å². The standard InChI is InChI=1S/C9H14BNO3/c1-11(2)14-10(12-3)13-9-7-5-4-6-8-9/h4-8H,1-3H3. The van der Waals surface area contributed by atoms with Crippen molar-refractivity contribution in [3.05, 3.63) is 30.3 Å². The zero-order valence-electron chi connectivity index (χ0n) is 8.64. The van der Waals surface area contributed by atoms with Gasteiger partial charge < -0.3 is 9.31 Å². The summed E-state index contributed by atoms with van der Waals surface area (Å²) in [5, 5.41) is 1.52. The van der Waals surface area contributed by atoms with E-state index in [-0.39, 0.29) is 0 Å². The quantitative estimate of drug-likeness (QED) is 0.521. The highest BCUT2D eigenvalue weighted by Gasteiger charge is 2.23. The van der Waals surface area contributed by atoms with Crippen LogP contribution in [0.5, 0.6) is 5.75 Å². The van der Waals surface area contributed by atoms with Gasteiger partial charge in [-0.25, -0.2) is 5.06 Å². The van der Waals surface area contributed by atoms with Crippen molar-refractivity contribution in [3.8, 4) is 5.75 Å². The van der Waals surface area contributed by atoms with Crippen LogP contribution < -0.4 is 4.65 Å². The van der Waals surface area contributed by atoms with Gasteiger partial charge in [0.1, 0.15) is 5.75 Å². The summed E-state index contributed by atoms with van der Waals surface area (Å²) in [6, 6.07) is 9.37. The smallest absolute Gasteiger partial charge is 0.511 e. The van der Waals surface area contributed by atoms with E-state index in [1.807, 2.05) is 30.3 Å². The molecular weight excluding hydrogens is 181 g/mol. The highest BCUT2D eigenvalue weighted by atomic mass is 16.8. The largest absolute Gasteiger partial charge is 0.730 e. The molecule has 0 N–H and O–H groups in total. The third-order valence-electron chi connectivity index (χ3n) is 1.46. The predicted molar refractivity (Wildman–Crippen MR) is 54.6 cm³/mol. The molecular formula is C9H14BNO3. The van der Waals surface area contributed by atoms with Gasteiger partial charge >= 0.3 is 7.32 Å². The SMILES string of the molecule is COB(Oc1ccccc1)ON(C)C. The number of hydrogen-bond donors (Lipinski definition) is 0. The van der Waals surface area contributed by atoms with Gasteiger partial charge in [-0.1, -0.05) is 18.2 Å². The Morgan fingerprint density at radius 1 is 1.14 bits per heavy atom. The molecule has 0 amide bonds. The molecule has 0 bridgehead atoms. The lowest BCUT2D eigenvalue weighted by Gasteiger charge is -2.16. The average molecular weight is 195 g/mol. The summed E-state index contributed by atoms with van der Waals surface area (Å²) in [4.78, 5) is 0. The number of hydrogen-bond acceptors (Lipinski definition) is 4. The van der Waals surface area contributed by atoms with E-state index < -0.39 is 7.32 Å². The molecule has 0 aromatic heterocycles. The first-order valence-corrected chi connectivity index (χ1v) is 4.31. The van der Waals surface area contributed by atoms with E-state index in [2.05, 4.69) is 0 Å². The second-order valence-electron chi connectivity index (χ2n) is 2.87. The minimum atomic E-state index is -0.715. The van der Waals surface area contributed by atoms with Gasteiger partial charge in [0.15, 0.2) is 0 Å². The highest BCUT2D eigenvalue weighted by molar-refractivity contribution is 6.37. The van der Waals surface area contributed by atoms with Gasteiger partial charge in [-0.05, 0) is 12.1 Å². The lowest BCUT2D eigenvalue weighted by Crippen LogP contribution is -2.34. The van der Waals surface area contributed by atoms with Crippen molar-refractivity contribution in [2.75, 3.05) is 21.2 Å². The maximum Gasteiger partial charge on any atom is 0.730 e. The van der Waals surface area contributed by atoms with Crippen LogP contribution in [0.4, 0.5) is 0 Å². The van der Waals surface area contributed by atoms with Crippen LogP contribution in [0.25, 0.3) is 0 Å². The van der Waals surface area contributed by atoms with Gasteiger partial charge in [-0.2, -0.15) is 0 Å². The maximum atomic E-state index is 5.39. The maximum absolute atomic E-state index is 5.39. The number of hydroxylamine groups is 2. The van der Waals surface area contributed by atoms with E-state index in [9.17, 15) is 0 Å². The average Bonchev–Trinajstić information content (AvgIpc) is 2.17. The van der Waals surface area contributed by atoms with Crippen LogP contribution in [0.1, 0.15) is 0 Å². The van der Waals surface area contributed by atoms with Crippen molar-refractivity contribution >= 4 is 7.32 Å². The molecule has 1 aromatic carbocycles. The van der Waals surface area contributed by atoms with Crippen LogP contribution in [0.2, 0.25) is 0 Å². The Hall–Kier alpha value is -1.04. The number of benzene rings is 1. The fraction of sp³-hybridized carbons (Fsp3) is 0.333. The Labute approximate surface area is 84.5 Å². The van der Waals surface area contributed by atoms with E-state index in [4.69, 9.17) is 14.1 Å². The summed E-state index contributed by atoms with van der Waals surface area (Å²) < 4.78 is 15.6. The van der Waals surface area contributed by atoms with Crippen molar-refractivity contribution in [2.45, 2.75) is 0 Å². The molecule has 1 aromatic rings. The number of para-hydroxylation sites is 1. The Kier molecular flexibility index (Phi) is 4.45. The highest BCUT2D eigenvalue weighted by Crippen LogP contribution is 2.10. The van der Waals surface area contributed by atoms with Crippen molar-refractivity contribution in [1.82, 2.24) is 5.06 Å². The van der Waals surface area contributed by atoms with E-state index in [0.29, 0.717) is 5.75 Å². The normalized spacial score (nSPS) is 10.3. The zero-order chi connectivity index (χ0) is 10.4. The fourth-order valence-corrected chi connectivity index (χ4v) is 0.895. The zero-order valence-corrected chi connectivity index (χ0v) is 8.64. The third-order valence-corrected chi connectivity index (χ3v) is 1.46. The molecule has 0 aliphatic heterocycles. The topological polar surface area (TPSA) is 30.9 Å². The summed E-state index contributed by atoms with van der Waals surface area (Å²) in [5.41, 5.74) is 0. The Morgan fingerprint density at radius 3 is 2.29 bits per heavy atom. The van der Waals surface area contributed by atoms with Crippen LogP contribution >= 0.6 is 0 Å². The van der Waals surface area contributed by atoms with E-state index in [1.165, 1.54) is 12.2 Å². The van der Waals surface area contributed by atoms with E-state index >= 15 is 0 Å². The van der Waals surface area contributed by atoms with E-state index in [0.717, 1.165) is 0 Å². The lowest BCUT2D eigenvalue weighted by molar-refractivity contribution is -0.0510. The Bertz CT molecular complexity index is 255. The molecule has 76 valence electrons. The molecule has 5 heteroatoms. The molecule has 0 spiro atoms. The molecule has 0 radical (unpaired) electrons. The summed E-state index contributed by atoms with van der Waals surface area (Å²) in [7, 11) is 4.34. The first-order chi connectivity index (χ1) is 6.72. The molecule has 0 unspecified atom stereocenters. The van der Waals surface area contributed by atoms with Gasteiger partial charge in [0.2, 0.25) is 0 Å². The Balaban J connectivity index is 2.48. The van der Waals surface area contributed by atoms with Crippen LogP contribution in [-0.2, 0) is 9.41 Å². The fourth-order valence-electron chi connectivity index (χ4n) is 0.895. The molecule has 0 aliphatic carbocycles. The minimum Gasteiger partial charge on any atom is -0.511 e. The molecule has 0 fully saturated rings. The molecule has 0 saturated carbocycles. The lowest BCUT2D eigenvalue weighted by atomic mass is 10.2. The summed E-state index contributed by atoms with van der Waals surface area (Å²) >= 11 is 0. The molecule has 14 heavy (non-hydrogen) atoms. The van der Waals surface area contributed by atoms with Crippen LogP contribution in [0.15, 0.2) is 30.3 Å². The number of rotatable bonds is 5. The van der Waals surface area contributed by atoms with Crippen molar-refractivity contribution < 1.29 is 14.1 Å². The Morgan fingerprint density at radius 2 is 1.79 bits per heavy atom. The second-order valence-corrected chi connectivity index (χ2v) is 2.87. The molecule has 0 heterocycles. The van der Waals surface area contributed by atoms with Crippen molar-refractivity contribution in [1.29, 1.82) is 0 Å². The first kappa shape index (κ1) is 11.0. The summed E-state index contributed by atoms with van der Waals surface area (Å²) in [5.74, 6) is 0.709. The van der Waals surface area contributed by atoms with Crippen molar-refractivity contribution in [2.24, 2.45) is 0 Å². The van der Waals surface area contributed by atoms with Gasteiger partial charge in [0, 0.05) is 21.2 Å². The van der Waals surface area contributed by atoms with Crippen LogP contribution in [0, 0.1) is 0 Å². The minimum absolute atomic E-state index is 0.709. The first-order valence-electron chi connectivity index (χ1n) is 4.31. The van der Waals surface area contributed by atoms with Crippen LogP contribution in [0.3, 0.4) is 0 Å². The molecule has 0 aliphatic rings. The van der Waals surface area contributed by atoms with Crippen LogP contribution in [-0.4, -0.2) is 33.6 Å². The third kappa shape index (κ3) is 3.78. The predicted octanol–water partition coefficient (Wildman–Crippen LogP) is 1.19. The van der Waals surface area contributed by atoms with Gasteiger partial charge in [-0.15, -0.1) is 0 Å². The molecule has 4 nitrogen and oxygen atoms in total. The summed E-state index contributed by atoms with van der Waals surface area (Å²) in [6.45, 7) is 0. The van der Waals surface area contributed by atoms with Gasteiger partial charge in [0.05, 0.1) is 0 Å².